The third-order valence-corrected chi connectivity index (χ3v) is 3.13. The van der Waals surface area contributed by atoms with Crippen LogP contribution in [-0.2, 0) is 0 Å². The Bertz CT molecular complexity index is 687. The van der Waals surface area contributed by atoms with Crippen LogP contribution < -0.4 is 4.74 Å². The minimum absolute atomic E-state index is 0.0866. The zero-order chi connectivity index (χ0) is 16.1. The zero-order valence-electron chi connectivity index (χ0n) is 13.0. The molecule has 0 amide bonds. The van der Waals surface area contributed by atoms with Crippen LogP contribution in [0.4, 0.5) is 0 Å². The topological polar surface area (TPSA) is 64.3 Å². The molecule has 1 aromatic heterocycles. The molecule has 22 heavy (non-hydrogen) atoms. The second-order valence-corrected chi connectivity index (χ2v) is 5.16. The minimum Gasteiger partial charge on any atom is -0.504 e. The van der Waals surface area contributed by atoms with E-state index >= 15 is 0 Å². The van der Waals surface area contributed by atoms with Gasteiger partial charge in [0.1, 0.15) is 0 Å². The summed E-state index contributed by atoms with van der Waals surface area (Å²) in [6, 6.07) is 5.18. The molecule has 0 saturated heterocycles. The van der Waals surface area contributed by atoms with Crippen molar-refractivity contribution in [2.45, 2.75) is 26.8 Å². The van der Waals surface area contributed by atoms with Crippen LogP contribution in [0, 0.1) is 0 Å². The molecule has 0 spiro atoms. The van der Waals surface area contributed by atoms with Gasteiger partial charge in [0.05, 0.1) is 18.4 Å². The lowest BCUT2D eigenvalue weighted by Crippen LogP contribution is -2.00. The Morgan fingerprint density at radius 3 is 2.86 bits per heavy atom. The first-order valence-corrected chi connectivity index (χ1v) is 7.23. The normalized spacial score (nSPS) is 11.3. The highest BCUT2D eigenvalue weighted by Crippen LogP contribution is 2.27. The van der Waals surface area contributed by atoms with E-state index in [1.54, 1.807) is 41.4 Å². The SMILES string of the molecule is CCOc1cc(C=CC(=O)c2cnn(C(C)C)c2)ccc1O. The molecule has 1 N–H and O–H groups in total. The van der Waals surface area contributed by atoms with Gasteiger partial charge in [0.15, 0.2) is 17.3 Å². The second-order valence-electron chi connectivity index (χ2n) is 5.16. The quantitative estimate of drug-likeness (QED) is 0.655. The van der Waals surface area contributed by atoms with Crippen molar-refractivity contribution < 1.29 is 14.6 Å². The van der Waals surface area contributed by atoms with Crippen LogP contribution in [0.25, 0.3) is 6.08 Å². The van der Waals surface area contributed by atoms with Gasteiger partial charge in [-0.3, -0.25) is 9.48 Å². The number of rotatable bonds is 6. The van der Waals surface area contributed by atoms with E-state index in [9.17, 15) is 9.90 Å². The number of hydrogen-bond acceptors (Lipinski definition) is 4. The molecule has 0 fully saturated rings. The van der Waals surface area contributed by atoms with Crippen LogP contribution in [-0.4, -0.2) is 27.3 Å². The molecule has 0 radical (unpaired) electrons. The van der Waals surface area contributed by atoms with Crippen molar-refractivity contribution in [3.05, 3.63) is 47.8 Å². The molecule has 2 aromatic rings. The van der Waals surface area contributed by atoms with Crippen LogP contribution >= 0.6 is 0 Å². The summed E-state index contributed by atoms with van der Waals surface area (Å²) in [6.45, 7) is 6.32. The zero-order valence-corrected chi connectivity index (χ0v) is 13.0. The first-order valence-electron chi connectivity index (χ1n) is 7.23. The fourth-order valence-corrected chi connectivity index (χ4v) is 1.92. The number of aromatic nitrogens is 2. The predicted molar refractivity (Wildman–Crippen MR) is 85.3 cm³/mol. The molecule has 1 heterocycles. The summed E-state index contributed by atoms with van der Waals surface area (Å²) in [5.74, 6) is 0.381. The molecule has 116 valence electrons. The molecule has 0 aliphatic rings. The Balaban J connectivity index is 2.13. The van der Waals surface area contributed by atoms with Crippen molar-refractivity contribution in [2.24, 2.45) is 0 Å². The van der Waals surface area contributed by atoms with E-state index in [-0.39, 0.29) is 17.6 Å². The fourth-order valence-electron chi connectivity index (χ4n) is 1.92. The molecular formula is C17H20N2O3. The summed E-state index contributed by atoms with van der Waals surface area (Å²) >= 11 is 0. The van der Waals surface area contributed by atoms with Gasteiger partial charge in [-0.1, -0.05) is 12.1 Å². The molecule has 0 aliphatic heterocycles. The lowest BCUT2D eigenvalue weighted by Gasteiger charge is -2.06. The van der Waals surface area contributed by atoms with Gasteiger partial charge in [-0.25, -0.2) is 0 Å². The Labute approximate surface area is 129 Å². The number of allylic oxidation sites excluding steroid dienone is 1. The van der Waals surface area contributed by atoms with Gasteiger partial charge in [-0.2, -0.15) is 5.10 Å². The Kier molecular flexibility index (Phi) is 4.99. The molecule has 0 atom stereocenters. The number of carbonyl (C=O) groups is 1. The minimum atomic E-state index is -0.113. The van der Waals surface area contributed by atoms with E-state index in [0.29, 0.717) is 17.9 Å². The number of phenolic OH excluding ortho intramolecular Hbond substituents is 1. The van der Waals surface area contributed by atoms with Gasteiger partial charge < -0.3 is 9.84 Å². The van der Waals surface area contributed by atoms with Crippen molar-refractivity contribution in [3.63, 3.8) is 0 Å². The first-order chi connectivity index (χ1) is 10.5. The maximum atomic E-state index is 12.1. The van der Waals surface area contributed by atoms with Gasteiger partial charge >= 0.3 is 0 Å². The predicted octanol–water partition coefficient (Wildman–Crippen LogP) is 3.46. The Hall–Kier alpha value is -2.56. The summed E-state index contributed by atoms with van der Waals surface area (Å²) in [6.07, 6.45) is 6.48. The Morgan fingerprint density at radius 1 is 1.45 bits per heavy atom. The van der Waals surface area contributed by atoms with E-state index in [0.717, 1.165) is 5.56 Å². The molecule has 5 heteroatoms. The number of phenols is 1. The smallest absolute Gasteiger partial charge is 0.189 e. The van der Waals surface area contributed by atoms with Gasteiger partial charge in [-0.15, -0.1) is 0 Å². The first kappa shape index (κ1) is 15.8. The largest absolute Gasteiger partial charge is 0.504 e. The number of hydrogen-bond donors (Lipinski definition) is 1. The highest BCUT2D eigenvalue weighted by atomic mass is 16.5. The van der Waals surface area contributed by atoms with Crippen LogP contribution in [0.15, 0.2) is 36.7 Å². The van der Waals surface area contributed by atoms with Crippen molar-refractivity contribution in [2.75, 3.05) is 6.61 Å². The van der Waals surface area contributed by atoms with Crippen LogP contribution in [0.2, 0.25) is 0 Å². The maximum Gasteiger partial charge on any atom is 0.189 e. The lowest BCUT2D eigenvalue weighted by atomic mass is 10.1. The van der Waals surface area contributed by atoms with Gasteiger partial charge in [0.2, 0.25) is 0 Å². The third kappa shape index (κ3) is 3.75. The van der Waals surface area contributed by atoms with E-state index < -0.39 is 0 Å². The van der Waals surface area contributed by atoms with Crippen molar-refractivity contribution >= 4 is 11.9 Å². The van der Waals surface area contributed by atoms with Crippen molar-refractivity contribution in [3.8, 4) is 11.5 Å². The molecule has 0 saturated carbocycles. The second kappa shape index (κ2) is 6.93. The van der Waals surface area contributed by atoms with Crippen molar-refractivity contribution in [1.82, 2.24) is 9.78 Å². The molecule has 1 aromatic carbocycles. The molecule has 0 aliphatic carbocycles. The van der Waals surface area contributed by atoms with Gasteiger partial charge in [0.25, 0.3) is 0 Å². The number of ketones is 1. The van der Waals surface area contributed by atoms with Crippen LogP contribution in [0.3, 0.4) is 0 Å². The number of ether oxygens (including phenoxy) is 1. The summed E-state index contributed by atoms with van der Waals surface area (Å²) in [5, 5.41) is 13.8. The highest BCUT2D eigenvalue weighted by Gasteiger charge is 2.07. The fraction of sp³-hybridized carbons (Fsp3) is 0.294. The lowest BCUT2D eigenvalue weighted by molar-refractivity contribution is 0.104. The number of carbonyl (C=O) groups excluding carboxylic acids is 1. The number of nitrogens with zero attached hydrogens (tertiary/aromatic N) is 2. The Morgan fingerprint density at radius 2 is 2.23 bits per heavy atom. The summed E-state index contributed by atoms with van der Waals surface area (Å²) in [5.41, 5.74) is 1.33. The molecule has 5 nitrogen and oxygen atoms in total. The standard InChI is InChI=1S/C17H20N2O3/c1-4-22-17-9-13(6-8-16(17)21)5-7-15(20)14-10-18-19(11-14)12(2)3/h5-12,21H,4H2,1-3H3. The summed E-state index contributed by atoms with van der Waals surface area (Å²) < 4.78 is 7.06. The average molecular weight is 300 g/mol. The van der Waals surface area contributed by atoms with Gasteiger partial charge in [0, 0.05) is 12.2 Å². The maximum absolute atomic E-state index is 12.1. The summed E-state index contributed by atoms with van der Waals surface area (Å²) in [4.78, 5) is 12.1. The molecule has 2 rings (SSSR count). The highest BCUT2D eigenvalue weighted by molar-refractivity contribution is 6.06. The van der Waals surface area contributed by atoms with E-state index in [2.05, 4.69) is 5.10 Å². The van der Waals surface area contributed by atoms with Crippen molar-refractivity contribution in [1.29, 1.82) is 0 Å². The molecular weight excluding hydrogens is 280 g/mol. The van der Waals surface area contributed by atoms with Crippen LogP contribution in [0.5, 0.6) is 11.5 Å². The van der Waals surface area contributed by atoms with E-state index in [1.807, 2.05) is 20.8 Å². The third-order valence-electron chi connectivity index (χ3n) is 3.13. The summed E-state index contributed by atoms with van der Waals surface area (Å²) in [7, 11) is 0. The monoisotopic (exact) mass is 300 g/mol. The van der Waals surface area contributed by atoms with E-state index in [4.69, 9.17) is 4.74 Å². The average Bonchev–Trinajstić information content (AvgIpc) is 2.98. The number of aromatic hydroxyl groups is 1. The van der Waals surface area contributed by atoms with Crippen LogP contribution in [0.1, 0.15) is 42.7 Å². The molecule has 0 unspecified atom stereocenters. The molecule has 0 bridgehead atoms. The van der Waals surface area contributed by atoms with Gasteiger partial charge in [-0.05, 0) is 44.5 Å². The number of benzene rings is 1. The van der Waals surface area contributed by atoms with E-state index in [1.165, 1.54) is 6.08 Å².